The van der Waals surface area contributed by atoms with Crippen molar-refractivity contribution < 1.29 is 9.47 Å². The van der Waals surface area contributed by atoms with E-state index in [9.17, 15) is 0 Å². The van der Waals surface area contributed by atoms with Crippen LogP contribution in [0.3, 0.4) is 0 Å². The predicted molar refractivity (Wildman–Crippen MR) is 127 cm³/mol. The second kappa shape index (κ2) is 9.14. The van der Waals surface area contributed by atoms with E-state index in [1.165, 1.54) is 0 Å². The van der Waals surface area contributed by atoms with Crippen LogP contribution in [0, 0.1) is 11.8 Å². The molecule has 0 amide bonds. The maximum atomic E-state index is 5.86. The number of benzene rings is 2. The summed E-state index contributed by atoms with van der Waals surface area (Å²) >= 11 is 3.24. The third kappa shape index (κ3) is 4.99. The zero-order valence-corrected chi connectivity index (χ0v) is 19.3. The highest BCUT2D eigenvalue weighted by atomic mass is 32.1. The van der Waals surface area contributed by atoms with Gasteiger partial charge in [0, 0.05) is 11.1 Å². The summed E-state index contributed by atoms with van der Waals surface area (Å²) in [6.07, 6.45) is 0. The van der Waals surface area contributed by atoms with Gasteiger partial charge in [-0.1, -0.05) is 74.6 Å². The molecule has 0 N–H and O–H groups in total. The number of thiazole rings is 2. The topological polar surface area (TPSA) is 44.2 Å². The minimum absolute atomic E-state index is 0.496. The fraction of sp³-hybridized carbons (Fsp3) is 0.333. The summed E-state index contributed by atoms with van der Waals surface area (Å²) in [5, 5.41) is 1.94. The molecule has 2 heterocycles. The molecule has 0 bridgehead atoms. The second-order valence-corrected chi connectivity index (χ2v) is 10.1. The van der Waals surface area contributed by atoms with E-state index < -0.39 is 0 Å². The van der Waals surface area contributed by atoms with Crippen molar-refractivity contribution in [3.63, 3.8) is 0 Å². The molecule has 0 saturated heterocycles. The van der Waals surface area contributed by atoms with Gasteiger partial charge in [0.15, 0.2) is 9.66 Å². The van der Waals surface area contributed by atoms with Gasteiger partial charge in [0.05, 0.1) is 13.2 Å². The van der Waals surface area contributed by atoms with Crippen molar-refractivity contribution in [1.82, 2.24) is 9.97 Å². The predicted octanol–water partition coefficient (Wildman–Crippen LogP) is 7.16. The van der Waals surface area contributed by atoms with Crippen LogP contribution >= 0.6 is 22.7 Å². The molecule has 4 nitrogen and oxygen atoms in total. The standard InChI is InChI=1S/C24H26N2O2S2/c1-15(2)13-27-19-9-5-7-17(11-19)21-25-23-24(29-21)26-22(30-23)18-8-6-10-20(12-18)28-14-16(3)4/h5-12,15-16H,13-14H2,1-4H3. The molecule has 2 aromatic heterocycles. The third-order valence-electron chi connectivity index (χ3n) is 4.30. The normalized spacial score (nSPS) is 11.5. The average molecular weight is 439 g/mol. The van der Waals surface area contributed by atoms with Crippen LogP contribution in [0.15, 0.2) is 48.5 Å². The zero-order chi connectivity index (χ0) is 21.1. The van der Waals surface area contributed by atoms with Gasteiger partial charge in [0.1, 0.15) is 21.5 Å². The molecule has 156 valence electrons. The number of fused-ring (bicyclic) bond motifs is 1. The molecule has 0 aliphatic carbocycles. The second-order valence-electron chi connectivity index (χ2n) is 8.11. The van der Waals surface area contributed by atoms with E-state index in [2.05, 4.69) is 52.0 Å². The van der Waals surface area contributed by atoms with Crippen molar-refractivity contribution >= 4 is 32.3 Å². The van der Waals surface area contributed by atoms with Crippen LogP contribution in [-0.4, -0.2) is 23.2 Å². The maximum Gasteiger partial charge on any atom is 0.155 e. The van der Waals surface area contributed by atoms with Crippen LogP contribution in [0.1, 0.15) is 27.7 Å². The first-order valence-corrected chi connectivity index (χ1v) is 11.8. The minimum atomic E-state index is 0.496. The fourth-order valence-electron chi connectivity index (χ4n) is 2.85. The van der Waals surface area contributed by atoms with Crippen LogP contribution in [-0.2, 0) is 0 Å². The first-order valence-electron chi connectivity index (χ1n) is 10.2. The Hall–Kier alpha value is -2.44. The molecule has 0 unspecified atom stereocenters. The Kier molecular flexibility index (Phi) is 6.35. The number of hydrogen-bond acceptors (Lipinski definition) is 6. The lowest BCUT2D eigenvalue weighted by atomic mass is 10.2. The number of rotatable bonds is 8. The zero-order valence-electron chi connectivity index (χ0n) is 17.7. The Morgan fingerprint density at radius 3 is 1.53 bits per heavy atom. The lowest BCUT2D eigenvalue weighted by Crippen LogP contribution is -2.04. The molecule has 4 rings (SSSR count). The summed E-state index contributed by atoms with van der Waals surface area (Å²) in [6, 6.07) is 16.3. The molecule has 6 heteroatoms. The summed E-state index contributed by atoms with van der Waals surface area (Å²) in [7, 11) is 0. The Balaban J connectivity index is 1.55. The smallest absolute Gasteiger partial charge is 0.155 e. The molecular weight excluding hydrogens is 412 g/mol. The molecule has 2 aromatic carbocycles. The van der Waals surface area contributed by atoms with E-state index in [0.29, 0.717) is 25.0 Å². The van der Waals surface area contributed by atoms with Crippen molar-refractivity contribution in [2.75, 3.05) is 13.2 Å². The molecule has 30 heavy (non-hydrogen) atoms. The van der Waals surface area contributed by atoms with Crippen LogP contribution in [0.5, 0.6) is 11.5 Å². The molecule has 0 radical (unpaired) electrons. The summed E-state index contributed by atoms with van der Waals surface area (Å²) in [4.78, 5) is 11.6. The number of hydrogen-bond donors (Lipinski definition) is 0. The van der Waals surface area contributed by atoms with Gasteiger partial charge in [0.25, 0.3) is 0 Å². The highest BCUT2D eigenvalue weighted by Crippen LogP contribution is 2.37. The van der Waals surface area contributed by atoms with Gasteiger partial charge < -0.3 is 9.47 Å². The van der Waals surface area contributed by atoms with Crippen molar-refractivity contribution in [1.29, 1.82) is 0 Å². The molecule has 0 atom stereocenters. The number of nitrogens with zero attached hydrogens (tertiary/aromatic N) is 2. The highest BCUT2D eigenvalue weighted by molar-refractivity contribution is 7.29. The SMILES string of the molecule is CC(C)COc1cccc(-c2nc3sc(-c4cccc(OCC(C)C)c4)nc3s2)c1. The van der Waals surface area contributed by atoms with E-state index in [4.69, 9.17) is 19.4 Å². The van der Waals surface area contributed by atoms with Crippen LogP contribution in [0.25, 0.3) is 30.8 Å². The molecule has 4 aromatic rings. The summed E-state index contributed by atoms with van der Waals surface area (Å²) < 4.78 is 11.7. The van der Waals surface area contributed by atoms with Crippen molar-refractivity contribution in [3.8, 4) is 32.6 Å². The molecular formula is C24H26N2O2S2. The van der Waals surface area contributed by atoms with E-state index >= 15 is 0 Å². The monoisotopic (exact) mass is 438 g/mol. The summed E-state index contributed by atoms with van der Waals surface area (Å²) in [5.41, 5.74) is 2.13. The Morgan fingerprint density at radius 2 is 1.13 bits per heavy atom. The van der Waals surface area contributed by atoms with Gasteiger partial charge in [-0.3, -0.25) is 0 Å². The Labute approximate surface area is 185 Å². The van der Waals surface area contributed by atoms with Crippen LogP contribution in [0.2, 0.25) is 0 Å². The quantitative estimate of drug-likeness (QED) is 0.293. The largest absolute Gasteiger partial charge is 0.493 e. The van der Waals surface area contributed by atoms with Crippen LogP contribution < -0.4 is 9.47 Å². The Bertz CT molecular complexity index is 1010. The summed E-state index contributed by atoms with van der Waals surface area (Å²) in [6.45, 7) is 10.0. The molecule has 0 aliphatic rings. The van der Waals surface area contributed by atoms with Crippen molar-refractivity contribution in [3.05, 3.63) is 48.5 Å². The van der Waals surface area contributed by atoms with Gasteiger partial charge in [-0.25, -0.2) is 9.97 Å². The van der Waals surface area contributed by atoms with E-state index in [1.54, 1.807) is 22.7 Å². The molecule has 0 aliphatic heterocycles. The minimum Gasteiger partial charge on any atom is -0.493 e. The Morgan fingerprint density at radius 1 is 0.700 bits per heavy atom. The first-order chi connectivity index (χ1) is 14.5. The van der Waals surface area contributed by atoms with E-state index in [-0.39, 0.29) is 0 Å². The molecule has 0 fully saturated rings. The van der Waals surface area contributed by atoms with Crippen molar-refractivity contribution in [2.24, 2.45) is 11.8 Å². The van der Waals surface area contributed by atoms with E-state index in [1.807, 2.05) is 24.3 Å². The maximum absolute atomic E-state index is 5.86. The molecule has 0 saturated carbocycles. The van der Waals surface area contributed by atoms with Crippen molar-refractivity contribution in [2.45, 2.75) is 27.7 Å². The van der Waals surface area contributed by atoms with Crippen LogP contribution in [0.4, 0.5) is 0 Å². The van der Waals surface area contributed by atoms with Gasteiger partial charge >= 0.3 is 0 Å². The molecule has 0 spiro atoms. The number of aromatic nitrogens is 2. The lowest BCUT2D eigenvalue weighted by molar-refractivity contribution is 0.271. The van der Waals surface area contributed by atoms with Gasteiger partial charge in [-0.2, -0.15) is 0 Å². The van der Waals surface area contributed by atoms with E-state index in [0.717, 1.165) is 42.3 Å². The van der Waals surface area contributed by atoms with Gasteiger partial charge in [-0.15, -0.1) is 0 Å². The summed E-state index contributed by atoms with van der Waals surface area (Å²) in [5.74, 6) is 2.75. The van der Waals surface area contributed by atoms with Gasteiger partial charge in [0.2, 0.25) is 0 Å². The average Bonchev–Trinajstić information content (AvgIpc) is 3.31. The van der Waals surface area contributed by atoms with Gasteiger partial charge in [-0.05, 0) is 36.1 Å². The lowest BCUT2D eigenvalue weighted by Gasteiger charge is -2.09. The third-order valence-corrected chi connectivity index (χ3v) is 6.43. The first kappa shape index (κ1) is 20.8. The fourth-order valence-corrected chi connectivity index (χ4v) is 4.89. The highest BCUT2D eigenvalue weighted by Gasteiger charge is 2.14. The number of ether oxygens (including phenoxy) is 2.